The molecule has 1 aliphatic heterocycles. The Kier molecular flexibility index (Phi) is 6.37. The molecule has 2 aromatic heterocycles. The minimum absolute atomic E-state index is 0.141. The summed E-state index contributed by atoms with van der Waals surface area (Å²) < 4.78 is 80.7. The number of H-pyrrole nitrogens is 2. The molecule has 1 saturated heterocycles. The molecule has 0 saturated carbocycles. The smallest absolute Gasteiger partial charge is 0.417 e. The van der Waals surface area contributed by atoms with Crippen LogP contribution >= 0.6 is 0 Å². The minimum Gasteiger partial charge on any atom is -0.493 e. The van der Waals surface area contributed by atoms with Gasteiger partial charge in [-0.1, -0.05) is 13.0 Å². The van der Waals surface area contributed by atoms with Crippen molar-refractivity contribution in [2.45, 2.75) is 37.6 Å². The highest BCUT2D eigenvalue weighted by Gasteiger charge is 2.65. The maximum atomic E-state index is 14.5. The lowest BCUT2D eigenvalue weighted by molar-refractivity contribution is -0.272. The Morgan fingerprint density at radius 3 is 2.58 bits per heavy atom. The summed E-state index contributed by atoms with van der Waals surface area (Å²) in [4.78, 5) is 33.6. The summed E-state index contributed by atoms with van der Waals surface area (Å²) in [5.74, 6) is -6.93. The van der Waals surface area contributed by atoms with Crippen molar-refractivity contribution >= 4 is 11.6 Å². The second-order valence-corrected chi connectivity index (χ2v) is 8.52. The lowest BCUT2D eigenvalue weighted by Gasteiger charge is -2.32. The molecule has 4 atom stereocenters. The third-order valence-electron chi connectivity index (χ3n) is 6.47. The number of hydrogen-bond donors (Lipinski definition) is 3. The maximum absolute atomic E-state index is 14.5. The molecule has 0 unspecified atom stereocenters. The molecular formula is C23H21F5N4O4. The zero-order valence-corrected chi connectivity index (χ0v) is 19.2. The summed E-state index contributed by atoms with van der Waals surface area (Å²) in [7, 11) is 1.05. The Bertz CT molecular complexity index is 1350. The van der Waals surface area contributed by atoms with Crippen LogP contribution < -0.4 is 15.7 Å². The lowest BCUT2D eigenvalue weighted by Crippen LogP contribution is -2.47. The number of carbonyl (C=O) groups is 1. The summed E-state index contributed by atoms with van der Waals surface area (Å²) in [6, 6.07) is 4.62. The van der Waals surface area contributed by atoms with Gasteiger partial charge in [-0.15, -0.1) is 0 Å². The van der Waals surface area contributed by atoms with Crippen molar-refractivity contribution < 1.29 is 36.2 Å². The summed E-state index contributed by atoms with van der Waals surface area (Å²) in [5, 5.41) is 2.49. The average molecular weight is 512 g/mol. The number of imidazole rings is 1. The van der Waals surface area contributed by atoms with Crippen molar-refractivity contribution in [1.82, 2.24) is 15.0 Å². The SMILES string of the molecule is COc1c([C@H]2[C@H](C(=O)Nc3ccnc(-c4c[nH]c(=O)[nH]4)c3)O[C@@](C)(C(F)(F)F)[C@H]2C)ccc(F)c1F. The van der Waals surface area contributed by atoms with E-state index in [1.54, 1.807) is 0 Å². The number of pyridine rings is 1. The monoisotopic (exact) mass is 512 g/mol. The maximum Gasteiger partial charge on any atom is 0.417 e. The Labute approximate surface area is 200 Å². The number of carbonyl (C=O) groups excluding carboxylic acids is 1. The van der Waals surface area contributed by atoms with Crippen LogP contribution in [-0.4, -0.2) is 45.9 Å². The van der Waals surface area contributed by atoms with Crippen LogP contribution in [-0.2, 0) is 9.53 Å². The van der Waals surface area contributed by atoms with Crippen LogP contribution in [0.1, 0.15) is 25.3 Å². The Morgan fingerprint density at radius 1 is 1.25 bits per heavy atom. The number of nitrogens with zero attached hydrogens (tertiary/aromatic N) is 1. The number of rotatable bonds is 5. The Hall–Kier alpha value is -3.74. The number of methoxy groups -OCH3 is 1. The molecule has 1 aliphatic rings. The molecule has 1 aromatic carbocycles. The van der Waals surface area contributed by atoms with Gasteiger partial charge in [-0.25, -0.2) is 9.18 Å². The number of benzene rings is 1. The molecule has 0 spiro atoms. The van der Waals surface area contributed by atoms with E-state index in [1.165, 1.54) is 31.5 Å². The van der Waals surface area contributed by atoms with Gasteiger partial charge in [0.05, 0.1) is 18.5 Å². The molecule has 13 heteroatoms. The van der Waals surface area contributed by atoms with Crippen LogP contribution in [0.4, 0.5) is 27.6 Å². The minimum atomic E-state index is -4.88. The summed E-state index contributed by atoms with van der Waals surface area (Å²) in [5.41, 5.74) is -2.66. The van der Waals surface area contributed by atoms with Crippen LogP contribution in [0.2, 0.25) is 0 Å². The van der Waals surface area contributed by atoms with Gasteiger partial charge in [0.2, 0.25) is 5.82 Å². The third-order valence-corrected chi connectivity index (χ3v) is 6.47. The van der Waals surface area contributed by atoms with Gasteiger partial charge in [0.1, 0.15) is 6.10 Å². The van der Waals surface area contributed by atoms with E-state index >= 15 is 0 Å². The second-order valence-electron chi connectivity index (χ2n) is 8.52. The highest BCUT2D eigenvalue weighted by Crippen LogP contribution is 2.55. The zero-order valence-electron chi connectivity index (χ0n) is 19.2. The molecule has 0 aliphatic carbocycles. The van der Waals surface area contributed by atoms with Crippen LogP contribution in [0.5, 0.6) is 5.75 Å². The Balaban J connectivity index is 1.73. The molecule has 192 valence electrons. The number of alkyl halides is 3. The fourth-order valence-electron chi connectivity index (χ4n) is 4.38. The standard InChI is InChI=1S/C23H21F5N4O4/c1-10-16(12-4-5-13(24)17(25)18(12)35-3)19(36-22(10,2)23(26,27)28)20(33)31-11-6-7-29-14(8-11)15-9-30-21(34)32-15/h4-10,16,19H,1-3H3,(H,29,31,33)(H2,30,32,34)/t10-,16-,19+,22+/m0/s1. The van der Waals surface area contributed by atoms with Crippen molar-refractivity contribution in [3.05, 3.63) is 64.3 Å². The van der Waals surface area contributed by atoms with Crippen molar-refractivity contribution in [2.75, 3.05) is 12.4 Å². The number of ether oxygens (including phenoxy) is 2. The molecule has 4 rings (SSSR count). The first-order valence-electron chi connectivity index (χ1n) is 10.7. The van der Waals surface area contributed by atoms with E-state index in [2.05, 4.69) is 20.3 Å². The quantitative estimate of drug-likeness (QED) is 0.446. The van der Waals surface area contributed by atoms with Crippen LogP contribution in [0.15, 0.2) is 41.5 Å². The van der Waals surface area contributed by atoms with E-state index in [0.717, 1.165) is 26.2 Å². The number of amides is 1. The lowest BCUT2D eigenvalue weighted by atomic mass is 9.77. The molecule has 3 N–H and O–H groups in total. The molecular weight excluding hydrogens is 491 g/mol. The van der Waals surface area contributed by atoms with Gasteiger partial charge in [-0.2, -0.15) is 17.6 Å². The van der Waals surface area contributed by atoms with E-state index in [-0.39, 0.29) is 16.9 Å². The molecule has 3 heterocycles. The molecule has 8 nitrogen and oxygen atoms in total. The fraction of sp³-hybridized carbons (Fsp3) is 0.348. The highest BCUT2D eigenvalue weighted by atomic mass is 19.4. The number of hydrogen-bond acceptors (Lipinski definition) is 5. The van der Waals surface area contributed by atoms with Gasteiger partial charge in [0.15, 0.2) is 17.2 Å². The first-order chi connectivity index (χ1) is 16.9. The van der Waals surface area contributed by atoms with E-state index < -0.39 is 58.7 Å². The largest absolute Gasteiger partial charge is 0.493 e. The van der Waals surface area contributed by atoms with Crippen LogP contribution in [0.25, 0.3) is 11.4 Å². The topological polar surface area (TPSA) is 109 Å². The van der Waals surface area contributed by atoms with Crippen molar-refractivity contribution in [3.8, 4) is 17.1 Å². The second kappa shape index (κ2) is 9.04. The molecule has 3 aromatic rings. The van der Waals surface area contributed by atoms with E-state index in [1.807, 2.05) is 0 Å². The predicted octanol–water partition coefficient (Wildman–Crippen LogP) is 4.13. The van der Waals surface area contributed by atoms with E-state index in [0.29, 0.717) is 5.69 Å². The molecule has 1 amide bonds. The van der Waals surface area contributed by atoms with Crippen LogP contribution in [0, 0.1) is 17.6 Å². The van der Waals surface area contributed by atoms with Crippen molar-refractivity contribution in [3.63, 3.8) is 0 Å². The molecule has 1 fully saturated rings. The van der Waals surface area contributed by atoms with E-state index in [4.69, 9.17) is 9.47 Å². The zero-order chi connectivity index (χ0) is 26.4. The molecule has 36 heavy (non-hydrogen) atoms. The van der Waals surface area contributed by atoms with Gasteiger partial charge in [0.25, 0.3) is 5.91 Å². The molecule has 0 radical (unpaired) electrons. The van der Waals surface area contributed by atoms with Gasteiger partial charge >= 0.3 is 11.9 Å². The number of aromatic amines is 2. The third kappa shape index (κ3) is 4.23. The average Bonchev–Trinajstić information content (AvgIpc) is 3.37. The summed E-state index contributed by atoms with van der Waals surface area (Å²) in [6.45, 7) is 2.02. The molecule has 0 bridgehead atoms. The van der Waals surface area contributed by atoms with Crippen LogP contribution in [0.3, 0.4) is 0 Å². The van der Waals surface area contributed by atoms with Gasteiger partial charge in [-0.05, 0) is 25.1 Å². The highest BCUT2D eigenvalue weighted by molar-refractivity contribution is 5.95. The normalized spacial score (nSPS) is 24.1. The first-order valence-corrected chi connectivity index (χ1v) is 10.7. The Morgan fingerprint density at radius 2 is 1.97 bits per heavy atom. The van der Waals surface area contributed by atoms with Crippen molar-refractivity contribution in [2.24, 2.45) is 5.92 Å². The number of anilines is 1. The van der Waals surface area contributed by atoms with Crippen molar-refractivity contribution in [1.29, 1.82) is 0 Å². The summed E-state index contributed by atoms with van der Waals surface area (Å²) >= 11 is 0. The first kappa shape index (κ1) is 25.4. The number of aromatic nitrogens is 3. The predicted molar refractivity (Wildman–Crippen MR) is 117 cm³/mol. The van der Waals surface area contributed by atoms with Gasteiger partial charge in [-0.3, -0.25) is 9.78 Å². The van der Waals surface area contributed by atoms with E-state index in [9.17, 15) is 31.5 Å². The number of halogens is 5. The van der Waals surface area contributed by atoms with Gasteiger partial charge in [0, 0.05) is 35.5 Å². The number of nitrogens with one attached hydrogen (secondary N) is 3. The van der Waals surface area contributed by atoms with Gasteiger partial charge < -0.3 is 24.8 Å². The summed E-state index contributed by atoms with van der Waals surface area (Å²) in [6.07, 6.45) is -3.94. The fourth-order valence-corrected chi connectivity index (χ4v) is 4.38.